The third-order valence-electron chi connectivity index (χ3n) is 4.31. The molecule has 2 atom stereocenters. The van der Waals surface area contributed by atoms with Crippen molar-refractivity contribution in [2.45, 2.75) is 65.8 Å². The van der Waals surface area contributed by atoms with Crippen LogP contribution in [0.2, 0.25) is 0 Å². The van der Waals surface area contributed by atoms with Crippen LogP contribution in [0.15, 0.2) is 6.07 Å². The minimum absolute atomic E-state index is 0.267. The molecule has 0 radical (unpaired) electrons. The molecular weight excluding hydrogens is 262 g/mol. The van der Waals surface area contributed by atoms with Gasteiger partial charge in [-0.1, -0.05) is 13.8 Å². The summed E-state index contributed by atoms with van der Waals surface area (Å²) in [7, 11) is 2.15. The molecule has 0 aliphatic carbocycles. The summed E-state index contributed by atoms with van der Waals surface area (Å²) in [4.78, 5) is 7.14. The number of likely N-dealkylation sites (N-methyl/N-ethyl adjacent to an activating group) is 1. The summed E-state index contributed by atoms with van der Waals surface area (Å²) in [6.07, 6.45) is 1.34. The van der Waals surface area contributed by atoms with Crippen molar-refractivity contribution in [3.05, 3.63) is 22.9 Å². The Morgan fingerprint density at radius 3 is 2.71 bits per heavy atom. The number of aromatic nitrogens is 1. The van der Waals surface area contributed by atoms with Gasteiger partial charge in [0.05, 0.1) is 12.1 Å². The van der Waals surface area contributed by atoms with Gasteiger partial charge in [0.25, 0.3) is 0 Å². The predicted octanol–water partition coefficient (Wildman–Crippen LogP) is 2.81. The van der Waals surface area contributed by atoms with Gasteiger partial charge in [0, 0.05) is 37.5 Å². The van der Waals surface area contributed by atoms with Crippen LogP contribution in [0.3, 0.4) is 0 Å². The van der Waals surface area contributed by atoms with Gasteiger partial charge in [0.15, 0.2) is 0 Å². The van der Waals surface area contributed by atoms with Crippen molar-refractivity contribution >= 4 is 5.82 Å². The quantitative estimate of drug-likeness (QED) is 0.905. The average Bonchev–Trinajstić information content (AvgIpc) is 2.82. The van der Waals surface area contributed by atoms with Crippen molar-refractivity contribution < 1.29 is 4.74 Å². The fourth-order valence-electron chi connectivity index (χ4n) is 3.05. The summed E-state index contributed by atoms with van der Waals surface area (Å²) in [5.41, 5.74) is 3.69. The predicted molar refractivity (Wildman–Crippen MR) is 87.9 cm³/mol. The number of hydrogen-bond acceptors (Lipinski definition) is 4. The monoisotopic (exact) mass is 291 g/mol. The molecule has 0 amide bonds. The first kappa shape index (κ1) is 16.2. The maximum atomic E-state index is 5.72. The molecule has 2 unspecified atom stereocenters. The van der Waals surface area contributed by atoms with Gasteiger partial charge in [0.2, 0.25) is 0 Å². The third kappa shape index (κ3) is 3.74. The van der Waals surface area contributed by atoms with E-state index in [4.69, 9.17) is 9.72 Å². The lowest BCUT2D eigenvalue weighted by Gasteiger charge is -2.30. The van der Waals surface area contributed by atoms with Crippen LogP contribution in [0.1, 0.15) is 44.0 Å². The fourth-order valence-corrected chi connectivity index (χ4v) is 3.05. The summed E-state index contributed by atoms with van der Waals surface area (Å²) in [6, 6.07) is 3.05. The number of aryl methyl sites for hydroxylation is 2. The highest BCUT2D eigenvalue weighted by Crippen LogP contribution is 2.28. The van der Waals surface area contributed by atoms with E-state index in [0.29, 0.717) is 12.1 Å². The smallest absolute Gasteiger partial charge is 0.133 e. The molecule has 1 aliphatic heterocycles. The summed E-state index contributed by atoms with van der Waals surface area (Å²) in [5.74, 6) is 1.10. The number of nitrogens with zero attached hydrogens (tertiary/aromatic N) is 2. The highest BCUT2D eigenvalue weighted by molar-refractivity contribution is 5.52. The number of pyridine rings is 1. The molecule has 1 aromatic heterocycles. The van der Waals surface area contributed by atoms with E-state index in [1.807, 2.05) is 0 Å². The summed E-state index contributed by atoms with van der Waals surface area (Å²) >= 11 is 0. The Morgan fingerprint density at radius 2 is 2.14 bits per heavy atom. The molecule has 4 nitrogen and oxygen atoms in total. The minimum atomic E-state index is 0.267. The highest BCUT2D eigenvalue weighted by atomic mass is 16.5. The second-order valence-electron chi connectivity index (χ2n) is 6.46. The van der Waals surface area contributed by atoms with Crippen LogP contribution in [0.4, 0.5) is 5.82 Å². The largest absolute Gasteiger partial charge is 0.376 e. The van der Waals surface area contributed by atoms with Crippen molar-refractivity contribution in [2.75, 3.05) is 18.6 Å². The molecule has 1 N–H and O–H groups in total. The standard InChI is InChI=1S/C17H29N3O/c1-11(2)18-10-15-12(3)9-13(4)19-17(15)20(6)16-7-8-21-14(16)5/h9,11,14,16,18H,7-8,10H2,1-6H3. The molecule has 1 aliphatic rings. The van der Waals surface area contributed by atoms with Crippen LogP contribution in [0.25, 0.3) is 0 Å². The van der Waals surface area contributed by atoms with E-state index in [2.05, 4.69) is 57.9 Å². The van der Waals surface area contributed by atoms with Crippen molar-refractivity contribution in [3.8, 4) is 0 Å². The molecular formula is C17H29N3O. The van der Waals surface area contributed by atoms with Crippen LogP contribution in [0, 0.1) is 13.8 Å². The van der Waals surface area contributed by atoms with E-state index in [1.54, 1.807) is 0 Å². The molecule has 0 spiro atoms. The molecule has 0 bridgehead atoms. The molecule has 4 heteroatoms. The van der Waals surface area contributed by atoms with Gasteiger partial charge in [0.1, 0.15) is 5.82 Å². The lowest BCUT2D eigenvalue weighted by atomic mass is 10.1. The zero-order valence-corrected chi connectivity index (χ0v) is 14.2. The van der Waals surface area contributed by atoms with Gasteiger partial charge in [-0.25, -0.2) is 4.98 Å². The van der Waals surface area contributed by atoms with Gasteiger partial charge in [-0.05, 0) is 38.8 Å². The van der Waals surface area contributed by atoms with Crippen LogP contribution in [-0.4, -0.2) is 36.8 Å². The number of nitrogens with one attached hydrogen (secondary N) is 1. The highest BCUT2D eigenvalue weighted by Gasteiger charge is 2.30. The zero-order valence-electron chi connectivity index (χ0n) is 14.2. The van der Waals surface area contributed by atoms with Crippen LogP contribution >= 0.6 is 0 Å². The van der Waals surface area contributed by atoms with Crippen molar-refractivity contribution in [2.24, 2.45) is 0 Å². The molecule has 1 aromatic rings. The van der Waals surface area contributed by atoms with Crippen molar-refractivity contribution in [1.29, 1.82) is 0 Å². The Hall–Kier alpha value is -1.13. The first-order valence-corrected chi connectivity index (χ1v) is 7.95. The van der Waals surface area contributed by atoms with Crippen LogP contribution in [-0.2, 0) is 11.3 Å². The lowest BCUT2D eigenvalue weighted by Crippen LogP contribution is -2.38. The maximum Gasteiger partial charge on any atom is 0.133 e. The second-order valence-corrected chi connectivity index (χ2v) is 6.46. The lowest BCUT2D eigenvalue weighted by molar-refractivity contribution is 0.118. The number of hydrogen-bond donors (Lipinski definition) is 1. The summed E-state index contributed by atoms with van der Waals surface area (Å²) in [6.45, 7) is 12.5. The first-order valence-electron chi connectivity index (χ1n) is 7.95. The fraction of sp³-hybridized carbons (Fsp3) is 0.706. The number of rotatable bonds is 5. The zero-order chi connectivity index (χ0) is 15.6. The van der Waals surface area contributed by atoms with Gasteiger partial charge < -0.3 is 15.0 Å². The molecule has 0 saturated carbocycles. The first-order chi connectivity index (χ1) is 9.90. The molecule has 0 aromatic carbocycles. The second kappa shape index (κ2) is 6.75. The topological polar surface area (TPSA) is 37.4 Å². The Bertz CT molecular complexity index is 487. The van der Waals surface area contributed by atoms with Gasteiger partial charge in [-0.15, -0.1) is 0 Å². The van der Waals surface area contributed by atoms with Crippen LogP contribution in [0.5, 0.6) is 0 Å². The third-order valence-corrected chi connectivity index (χ3v) is 4.31. The van der Waals surface area contributed by atoms with Crippen LogP contribution < -0.4 is 10.2 Å². The van der Waals surface area contributed by atoms with E-state index in [1.165, 1.54) is 11.1 Å². The van der Waals surface area contributed by atoms with E-state index in [9.17, 15) is 0 Å². The molecule has 2 heterocycles. The Kier molecular flexibility index (Phi) is 5.22. The molecule has 1 saturated heterocycles. The Balaban J connectivity index is 2.31. The van der Waals surface area contributed by atoms with E-state index >= 15 is 0 Å². The summed E-state index contributed by atoms with van der Waals surface area (Å²) < 4.78 is 5.72. The normalized spacial score (nSPS) is 22.0. The Labute approximate surface area is 128 Å². The minimum Gasteiger partial charge on any atom is -0.376 e. The maximum absolute atomic E-state index is 5.72. The SMILES string of the molecule is Cc1cc(C)c(CNC(C)C)c(N(C)C2CCOC2C)n1. The molecule has 1 fully saturated rings. The van der Waals surface area contributed by atoms with E-state index in [0.717, 1.165) is 31.1 Å². The number of ether oxygens (including phenoxy) is 1. The average molecular weight is 291 g/mol. The van der Waals surface area contributed by atoms with E-state index in [-0.39, 0.29) is 6.10 Å². The number of anilines is 1. The van der Waals surface area contributed by atoms with Crippen molar-refractivity contribution in [3.63, 3.8) is 0 Å². The Morgan fingerprint density at radius 1 is 1.43 bits per heavy atom. The molecule has 21 heavy (non-hydrogen) atoms. The van der Waals surface area contributed by atoms with Gasteiger partial charge >= 0.3 is 0 Å². The van der Waals surface area contributed by atoms with Crippen molar-refractivity contribution in [1.82, 2.24) is 10.3 Å². The summed E-state index contributed by atoms with van der Waals surface area (Å²) in [5, 5.41) is 3.52. The van der Waals surface area contributed by atoms with Gasteiger partial charge in [-0.2, -0.15) is 0 Å². The van der Waals surface area contributed by atoms with E-state index < -0.39 is 0 Å². The molecule has 2 rings (SSSR count). The van der Waals surface area contributed by atoms with Gasteiger partial charge in [-0.3, -0.25) is 0 Å². The molecule has 118 valence electrons.